The summed E-state index contributed by atoms with van der Waals surface area (Å²) in [5.74, 6) is 0.642. The Morgan fingerprint density at radius 3 is 2.42 bits per heavy atom. The largest absolute Gasteiger partial charge is 0.504 e. The van der Waals surface area contributed by atoms with E-state index in [1.165, 1.54) is 13.2 Å². The number of aromatic hydroxyl groups is 1. The summed E-state index contributed by atoms with van der Waals surface area (Å²) in [5.41, 5.74) is 1.57. The van der Waals surface area contributed by atoms with Gasteiger partial charge in [-0.2, -0.15) is 0 Å². The van der Waals surface area contributed by atoms with Gasteiger partial charge in [-0.15, -0.1) is 0 Å². The smallest absolute Gasteiger partial charge is 0.203 e. The number of hydrogen-bond acceptors (Lipinski definition) is 4. The van der Waals surface area contributed by atoms with Crippen molar-refractivity contribution in [3.63, 3.8) is 0 Å². The highest BCUT2D eigenvalue weighted by molar-refractivity contribution is 5.53. The number of methoxy groups -OCH3 is 1. The fourth-order valence-corrected chi connectivity index (χ4v) is 1.76. The van der Waals surface area contributed by atoms with Gasteiger partial charge in [0, 0.05) is 0 Å². The number of rotatable bonds is 5. The van der Waals surface area contributed by atoms with Gasteiger partial charge in [-0.25, -0.2) is 0 Å². The molecule has 100 valence electrons. The van der Waals surface area contributed by atoms with Crippen LogP contribution >= 0.6 is 0 Å². The van der Waals surface area contributed by atoms with Crippen LogP contribution in [-0.2, 0) is 13.2 Å². The standard InChI is InChI=1S/C15H16O4/c1-18-14-8-12(9-16)7-13(17)15(14)19-10-11-5-3-2-4-6-11/h2-8,16-17H,9-10H2,1H3. The molecule has 0 radical (unpaired) electrons. The molecule has 0 atom stereocenters. The molecule has 2 aromatic carbocycles. The van der Waals surface area contributed by atoms with Gasteiger partial charge in [0.1, 0.15) is 6.61 Å². The summed E-state index contributed by atoms with van der Waals surface area (Å²) < 4.78 is 10.7. The Bertz CT molecular complexity index is 537. The molecule has 0 saturated heterocycles. The Labute approximate surface area is 111 Å². The molecule has 0 heterocycles. The van der Waals surface area contributed by atoms with E-state index in [0.29, 0.717) is 17.9 Å². The number of phenols is 1. The van der Waals surface area contributed by atoms with Crippen LogP contribution in [0.15, 0.2) is 42.5 Å². The highest BCUT2D eigenvalue weighted by Gasteiger charge is 2.12. The molecule has 0 bridgehead atoms. The van der Waals surface area contributed by atoms with E-state index in [1.807, 2.05) is 30.3 Å². The lowest BCUT2D eigenvalue weighted by molar-refractivity contribution is 0.263. The second-order valence-electron chi connectivity index (χ2n) is 4.08. The molecule has 0 amide bonds. The molecular weight excluding hydrogens is 244 g/mol. The van der Waals surface area contributed by atoms with Crippen LogP contribution in [0, 0.1) is 0 Å². The van der Waals surface area contributed by atoms with Crippen molar-refractivity contribution in [3.05, 3.63) is 53.6 Å². The fraction of sp³-hybridized carbons (Fsp3) is 0.200. The minimum absolute atomic E-state index is 0.0423. The van der Waals surface area contributed by atoms with Crippen LogP contribution in [0.3, 0.4) is 0 Å². The molecule has 0 spiro atoms. The van der Waals surface area contributed by atoms with Crippen LogP contribution in [0.25, 0.3) is 0 Å². The van der Waals surface area contributed by atoms with Crippen LogP contribution < -0.4 is 9.47 Å². The molecule has 0 aliphatic rings. The Morgan fingerprint density at radius 1 is 1.05 bits per heavy atom. The van der Waals surface area contributed by atoms with Crippen molar-refractivity contribution >= 4 is 0 Å². The van der Waals surface area contributed by atoms with Gasteiger partial charge in [-0.3, -0.25) is 0 Å². The minimum Gasteiger partial charge on any atom is -0.504 e. The third kappa shape index (κ3) is 3.17. The molecule has 0 aromatic heterocycles. The zero-order valence-electron chi connectivity index (χ0n) is 10.7. The predicted molar refractivity (Wildman–Crippen MR) is 71.4 cm³/mol. The van der Waals surface area contributed by atoms with Gasteiger partial charge in [-0.05, 0) is 23.3 Å². The first kappa shape index (κ1) is 13.2. The molecule has 0 unspecified atom stereocenters. The summed E-state index contributed by atoms with van der Waals surface area (Å²) in [7, 11) is 1.49. The van der Waals surface area contributed by atoms with E-state index in [9.17, 15) is 5.11 Å². The second kappa shape index (κ2) is 6.11. The Kier molecular flexibility index (Phi) is 4.26. The number of aliphatic hydroxyl groups excluding tert-OH is 1. The summed E-state index contributed by atoms with van der Waals surface area (Å²) in [6.07, 6.45) is 0. The average Bonchev–Trinajstić information content (AvgIpc) is 2.46. The Hall–Kier alpha value is -2.20. The third-order valence-electron chi connectivity index (χ3n) is 2.72. The van der Waals surface area contributed by atoms with Gasteiger partial charge < -0.3 is 19.7 Å². The third-order valence-corrected chi connectivity index (χ3v) is 2.72. The zero-order valence-corrected chi connectivity index (χ0v) is 10.7. The maximum atomic E-state index is 9.90. The molecule has 0 aliphatic heterocycles. The molecule has 0 saturated carbocycles. The van der Waals surface area contributed by atoms with Crippen LogP contribution in [0.1, 0.15) is 11.1 Å². The Balaban J connectivity index is 2.20. The SMILES string of the molecule is COc1cc(CO)cc(O)c1OCc1ccccc1. The van der Waals surface area contributed by atoms with E-state index < -0.39 is 0 Å². The van der Waals surface area contributed by atoms with Crippen molar-refractivity contribution in [2.45, 2.75) is 13.2 Å². The number of aliphatic hydroxyl groups is 1. The van der Waals surface area contributed by atoms with Crippen LogP contribution in [0.5, 0.6) is 17.2 Å². The molecular formula is C15H16O4. The van der Waals surface area contributed by atoms with Gasteiger partial charge in [-0.1, -0.05) is 30.3 Å². The lowest BCUT2D eigenvalue weighted by Gasteiger charge is -2.13. The maximum absolute atomic E-state index is 9.90. The van der Waals surface area contributed by atoms with Crippen LogP contribution in [-0.4, -0.2) is 17.3 Å². The molecule has 0 fully saturated rings. The summed E-state index contributed by atoms with van der Waals surface area (Å²) in [5, 5.41) is 19.0. The van der Waals surface area contributed by atoms with Crippen molar-refractivity contribution in [3.8, 4) is 17.2 Å². The van der Waals surface area contributed by atoms with E-state index in [4.69, 9.17) is 14.6 Å². The topological polar surface area (TPSA) is 58.9 Å². The second-order valence-corrected chi connectivity index (χ2v) is 4.08. The number of phenolic OH excluding ortho intramolecular Hbond substituents is 1. The summed E-state index contributed by atoms with van der Waals surface area (Å²) in [6, 6.07) is 12.7. The summed E-state index contributed by atoms with van der Waals surface area (Å²) in [6.45, 7) is 0.173. The molecule has 4 nitrogen and oxygen atoms in total. The molecule has 2 rings (SSSR count). The normalized spacial score (nSPS) is 10.2. The van der Waals surface area contributed by atoms with Crippen LogP contribution in [0.4, 0.5) is 0 Å². The van der Waals surface area contributed by atoms with Gasteiger partial charge >= 0.3 is 0 Å². The molecule has 2 aromatic rings. The lowest BCUT2D eigenvalue weighted by atomic mass is 10.2. The van der Waals surface area contributed by atoms with E-state index in [0.717, 1.165) is 5.56 Å². The van der Waals surface area contributed by atoms with Crippen molar-refractivity contribution in [1.82, 2.24) is 0 Å². The van der Waals surface area contributed by atoms with Crippen LogP contribution in [0.2, 0.25) is 0 Å². The zero-order chi connectivity index (χ0) is 13.7. The quantitative estimate of drug-likeness (QED) is 0.867. The first-order valence-corrected chi connectivity index (χ1v) is 5.92. The van der Waals surface area contributed by atoms with Crippen molar-refractivity contribution in [2.24, 2.45) is 0 Å². The first-order valence-electron chi connectivity index (χ1n) is 5.92. The first-order chi connectivity index (χ1) is 9.24. The van der Waals surface area contributed by atoms with Gasteiger partial charge in [0.2, 0.25) is 5.75 Å². The predicted octanol–water partition coefficient (Wildman–Crippen LogP) is 2.47. The number of benzene rings is 2. The molecule has 19 heavy (non-hydrogen) atoms. The van der Waals surface area contributed by atoms with Crippen molar-refractivity contribution < 1.29 is 19.7 Å². The highest BCUT2D eigenvalue weighted by Crippen LogP contribution is 2.38. The summed E-state index contributed by atoms with van der Waals surface area (Å²) in [4.78, 5) is 0. The van der Waals surface area contributed by atoms with E-state index in [1.54, 1.807) is 6.07 Å². The Morgan fingerprint density at radius 2 is 1.79 bits per heavy atom. The number of hydrogen-bond donors (Lipinski definition) is 2. The highest BCUT2D eigenvalue weighted by atomic mass is 16.5. The maximum Gasteiger partial charge on any atom is 0.203 e. The molecule has 0 aliphatic carbocycles. The van der Waals surface area contributed by atoms with E-state index in [-0.39, 0.29) is 18.1 Å². The van der Waals surface area contributed by atoms with Gasteiger partial charge in [0.05, 0.1) is 13.7 Å². The van der Waals surface area contributed by atoms with Gasteiger partial charge in [0.25, 0.3) is 0 Å². The molecule has 4 heteroatoms. The molecule has 2 N–H and O–H groups in total. The lowest BCUT2D eigenvalue weighted by Crippen LogP contribution is -1.99. The van der Waals surface area contributed by atoms with Crippen molar-refractivity contribution in [1.29, 1.82) is 0 Å². The average molecular weight is 260 g/mol. The van der Waals surface area contributed by atoms with Gasteiger partial charge in [0.15, 0.2) is 11.5 Å². The monoisotopic (exact) mass is 260 g/mol. The van der Waals surface area contributed by atoms with E-state index >= 15 is 0 Å². The van der Waals surface area contributed by atoms with Crippen molar-refractivity contribution in [2.75, 3.05) is 7.11 Å². The summed E-state index contributed by atoms with van der Waals surface area (Å²) >= 11 is 0. The number of ether oxygens (including phenoxy) is 2. The minimum atomic E-state index is -0.164. The van der Waals surface area contributed by atoms with E-state index in [2.05, 4.69) is 0 Å². The fourth-order valence-electron chi connectivity index (χ4n) is 1.76.